The number of ether oxygens (including phenoxy) is 2. The van der Waals surface area contributed by atoms with E-state index >= 15 is 0 Å². The number of anilines is 1. The van der Waals surface area contributed by atoms with Crippen LogP contribution < -0.4 is 5.32 Å². The summed E-state index contributed by atoms with van der Waals surface area (Å²) in [6.07, 6.45) is 3.87. The fourth-order valence-electron chi connectivity index (χ4n) is 3.06. The van der Waals surface area contributed by atoms with Crippen molar-refractivity contribution in [3.05, 3.63) is 39.5 Å². The van der Waals surface area contributed by atoms with Gasteiger partial charge < -0.3 is 14.8 Å². The van der Waals surface area contributed by atoms with Gasteiger partial charge in [-0.15, -0.1) is 0 Å². The molecule has 0 aliphatic carbocycles. The van der Waals surface area contributed by atoms with Crippen molar-refractivity contribution in [3.8, 4) is 0 Å². The highest BCUT2D eigenvalue weighted by atomic mass is 16.5. The predicted molar refractivity (Wildman–Crippen MR) is 93.3 cm³/mol. The number of rotatable bonds is 6. The van der Waals surface area contributed by atoms with Gasteiger partial charge in [0.25, 0.3) is 0 Å². The summed E-state index contributed by atoms with van der Waals surface area (Å²) in [5.74, 6) is -0.462. The van der Waals surface area contributed by atoms with Crippen LogP contribution >= 0.6 is 0 Å². The van der Waals surface area contributed by atoms with Gasteiger partial charge in [0, 0.05) is 19.0 Å². The van der Waals surface area contributed by atoms with Crippen LogP contribution in [-0.2, 0) is 27.3 Å². The second-order valence-corrected chi connectivity index (χ2v) is 6.11. The summed E-state index contributed by atoms with van der Waals surface area (Å²) in [4.78, 5) is 23.3. The molecule has 130 valence electrons. The molecule has 0 amide bonds. The highest BCUT2D eigenvalue weighted by Crippen LogP contribution is 2.36. The third-order valence-corrected chi connectivity index (χ3v) is 4.73. The molecule has 0 saturated heterocycles. The highest BCUT2D eigenvalue weighted by Gasteiger charge is 2.29. The third-order valence-electron chi connectivity index (χ3n) is 4.73. The molecule has 0 unspecified atom stereocenters. The van der Waals surface area contributed by atoms with Crippen LogP contribution in [0.3, 0.4) is 0 Å². The summed E-state index contributed by atoms with van der Waals surface area (Å²) in [6, 6.07) is 0. The van der Waals surface area contributed by atoms with Crippen molar-refractivity contribution in [3.63, 3.8) is 0 Å². The molecular weight excluding hydrogens is 306 g/mol. The minimum absolute atomic E-state index is 0.203. The Balaban J connectivity index is 2.31. The van der Waals surface area contributed by atoms with Gasteiger partial charge in [-0.25, -0.2) is 4.79 Å². The predicted octanol–water partition coefficient (Wildman–Crippen LogP) is 3.46. The largest absolute Gasteiger partial charge is 0.469 e. The number of benzene rings is 1. The Morgan fingerprint density at radius 1 is 1.29 bits per heavy atom. The summed E-state index contributed by atoms with van der Waals surface area (Å²) in [6.45, 7) is 6.47. The van der Waals surface area contributed by atoms with Crippen molar-refractivity contribution in [1.82, 2.24) is 0 Å². The number of carbonyl (C=O) groups excluding carboxylic acids is 2. The smallest absolute Gasteiger partial charge is 0.341 e. The zero-order valence-corrected chi connectivity index (χ0v) is 15.0. The lowest BCUT2D eigenvalue weighted by Gasteiger charge is -2.17. The lowest BCUT2D eigenvalue weighted by molar-refractivity contribution is -0.140. The molecule has 0 saturated carbocycles. The molecule has 24 heavy (non-hydrogen) atoms. The van der Waals surface area contributed by atoms with Crippen LogP contribution in [0.1, 0.15) is 52.4 Å². The van der Waals surface area contributed by atoms with E-state index in [1.165, 1.54) is 12.7 Å². The van der Waals surface area contributed by atoms with Crippen LogP contribution in [-0.4, -0.2) is 26.1 Å². The van der Waals surface area contributed by atoms with Crippen molar-refractivity contribution in [2.24, 2.45) is 0 Å². The lowest BCUT2D eigenvalue weighted by atomic mass is 9.90. The van der Waals surface area contributed by atoms with E-state index in [2.05, 4.69) is 23.1 Å². The minimum Gasteiger partial charge on any atom is -0.469 e. The van der Waals surface area contributed by atoms with Crippen LogP contribution in [0.4, 0.5) is 5.69 Å². The fraction of sp³-hybridized carbons (Fsp3) is 0.474. The number of carbonyl (C=O) groups is 2. The third kappa shape index (κ3) is 3.45. The first-order chi connectivity index (χ1) is 11.4. The molecule has 0 bridgehead atoms. The van der Waals surface area contributed by atoms with Crippen LogP contribution in [0.25, 0.3) is 0 Å². The first-order valence-electron chi connectivity index (χ1n) is 8.12. The van der Waals surface area contributed by atoms with Gasteiger partial charge in [0.15, 0.2) is 0 Å². The number of methoxy groups -OCH3 is 1. The molecule has 2 rings (SSSR count). The molecule has 1 aromatic carbocycles. The Kier molecular flexibility index (Phi) is 5.65. The van der Waals surface area contributed by atoms with Gasteiger partial charge in [-0.1, -0.05) is 11.6 Å². The topological polar surface area (TPSA) is 64.6 Å². The molecule has 0 fully saturated rings. The average Bonchev–Trinajstić information content (AvgIpc) is 2.96. The molecule has 1 aliphatic heterocycles. The molecular formula is C19H25NO4. The normalized spacial score (nSPS) is 13.5. The van der Waals surface area contributed by atoms with Crippen LogP contribution in [0.2, 0.25) is 0 Å². The quantitative estimate of drug-likeness (QED) is 0.639. The van der Waals surface area contributed by atoms with Gasteiger partial charge in [-0.3, -0.25) is 4.79 Å². The standard InChI is InChI=1S/C19H25NO4/c1-11(7-9-16(21)23-5)6-8-14-12(2)13(3)15-10-24-19(22)17(15)18(14)20-4/h6,20H,7-10H2,1-5H3/b11-6+. The average molecular weight is 331 g/mol. The SMILES string of the molecule is CNc1c(C/C=C(\C)CCC(=O)OC)c(C)c(C)c2c1C(=O)OC2. The lowest BCUT2D eigenvalue weighted by Crippen LogP contribution is -2.08. The first kappa shape index (κ1) is 18.0. The molecule has 0 aromatic heterocycles. The second-order valence-electron chi connectivity index (χ2n) is 6.11. The number of esters is 2. The van der Waals surface area contributed by atoms with Gasteiger partial charge in [0.2, 0.25) is 0 Å². The summed E-state index contributed by atoms with van der Waals surface area (Å²) in [5, 5.41) is 3.17. The summed E-state index contributed by atoms with van der Waals surface area (Å²) < 4.78 is 9.88. The molecule has 5 heteroatoms. The van der Waals surface area contributed by atoms with Crippen LogP contribution in [0, 0.1) is 13.8 Å². The molecule has 1 N–H and O–H groups in total. The van der Waals surface area contributed by atoms with Crippen LogP contribution in [0.15, 0.2) is 11.6 Å². The Bertz CT molecular complexity index is 704. The van der Waals surface area contributed by atoms with E-state index in [0.717, 1.165) is 28.0 Å². The summed E-state index contributed by atoms with van der Waals surface area (Å²) in [7, 11) is 3.23. The zero-order valence-electron chi connectivity index (χ0n) is 15.0. The Labute approximate surface area is 143 Å². The molecule has 1 heterocycles. The number of fused-ring (bicyclic) bond motifs is 1. The monoisotopic (exact) mass is 331 g/mol. The van der Waals surface area contributed by atoms with Gasteiger partial charge in [0.05, 0.1) is 18.4 Å². The number of hydrogen-bond donors (Lipinski definition) is 1. The van der Waals surface area contributed by atoms with E-state index in [9.17, 15) is 9.59 Å². The maximum absolute atomic E-state index is 12.1. The number of allylic oxidation sites excluding steroid dienone is 2. The minimum atomic E-state index is -0.259. The van der Waals surface area contributed by atoms with E-state index in [1.54, 1.807) is 0 Å². The molecule has 0 spiro atoms. The van der Waals surface area contributed by atoms with E-state index in [1.807, 2.05) is 20.9 Å². The number of cyclic esters (lactones) is 1. The van der Waals surface area contributed by atoms with Crippen LogP contribution in [0.5, 0.6) is 0 Å². The second kappa shape index (κ2) is 7.51. The maximum Gasteiger partial charge on any atom is 0.341 e. The summed E-state index contributed by atoms with van der Waals surface area (Å²) in [5.41, 5.74) is 7.02. The van der Waals surface area contributed by atoms with E-state index < -0.39 is 0 Å². The first-order valence-corrected chi connectivity index (χ1v) is 8.12. The fourth-order valence-corrected chi connectivity index (χ4v) is 3.06. The molecule has 1 aliphatic rings. The number of nitrogens with one attached hydrogen (secondary N) is 1. The van der Waals surface area contributed by atoms with Crippen molar-refractivity contribution >= 4 is 17.6 Å². The van der Waals surface area contributed by atoms with Gasteiger partial charge in [0.1, 0.15) is 6.61 Å². The number of hydrogen-bond acceptors (Lipinski definition) is 5. The Hall–Kier alpha value is -2.30. The van der Waals surface area contributed by atoms with E-state index in [4.69, 9.17) is 4.74 Å². The molecule has 0 atom stereocenters. The van der Waals surface area contributed by atoms with Crippen molar-refractivity contribution in [1.29, 1.82) is 0 Å². The van der Waals surface area contributed by atoms with Gasteiger partial charge in [-0.05, 0) is 50.3 Å². The van der Waals surface area contributed by atoms with E-state index in [0.29, 0.717) is 31.4 Å². The van der Waals surface area contributed by atoms with E-state index in [-0.39, 0.29) is 11.9 Å². The highest BCUT2D eigenvalue weighted by molar-refractivity contribution is 6.01. The summed E-state index contributed by atoms with van der Waals surface area (Å²) >= 11 is 0. The van der Waals surface area contributed by atoms with Crippen molar-refractivity contribution < 1.29 is 19.1 Å². The van der Waals surface area contributed by atoms with Crippen molar-refractivity contribution in [2.75, 3.05) is 19.5 Å². The molecule has 1 aromatic rings. The van der Waals surface area contributed by atoms with Crippen molar-refractivity contribution in [2.45, 2.75) is 46.6 Å². The molecule has 5 nitrogen and oxygen atoms in total. The molecule has 0 radical (unpaired) electrons. The Morgan fingerprint density at radius 3 is 2.62 bits per heavy atom. The van der Waals surface area contributed by atoms with Gasteiger partial charge >= 0.3 is 11.9 Å². The maximum atomic E-state index is 12.1. The zero-order chi connectivity index (χ0) is 17.9. The Morgan fingerprint density at radius 2 is 2.00 bits per heavy atom. The van der Waals surface area contributed by atoms with Gasteiger partial charge in [-0.2, -0.15) is 0 Å².